The van der Waals surface area contributed by atoms with E-state index in [-0.39, 0.29) is 17.4 Å². The Morgan fingerprint density at radius 2 is 2.13 bits per heavy atom. The van der Waals surface area contributed by atoms with Crippen molar-refractivity contribution in [2.24, 2.45) is 5.73 Å². The van der Waals surface area contributed by atoms with E-state index in [0.717, 1.165) is 0 Å². The molecule has 0 fully saturated rings. The number of aliphatic hydroxyl groups is 1. The Morgan fingerprint density at radius 1 is 1.60 bits per heavy atom. The van der Waals surface area contributed by atoms with Gasteiger partial charge >= 0.3 is 0 Å². The van der Waals surface area contributed by atoms with Gasteiger partial charge in [-0.25, -0.2) is 0 Å². The summed E-state index contributed by atoms with van der Waals surface area (Å²) in [5.41, 5.74) is 5.14. The van der Waals surface area contributed by atoms with Crippen molar-refractivity contribution in [3.05, 3.63) is 28.8 Å². The van der Waals surface area contributed by atoms with Gasteiger partial charge in [-0.05, 0) is 25.1 Å². The number of aliphatic hydroxyl groups excluding tert-OH is 1. The third-order valence-corrected chi connectivity index (χ3v) is 1.69. The van der Waals surface area contributed by atoms with E-state index >= 15 is 0 Å². The first-order valence-electron chi connectivity index (χ1n) is 4.33. The van der Waals surface area contributed by atoms with Gasteiger partial charge in [-0.2, -0.15) is 0 Å². The summed E-state index contributed by atoms with van der Waals surface area (Å²) in [7, 11) is 0. The molecule has 1 unspecified atom stereocenters. The molecular formula is C10H14ClNO3. The zero-order chi connectivity index (χ0) is 11.8. The number of hydrogen-bond donors (Lipinski definition) is 3. The summed E-state index contributed by atoms with van der Waals surface area (Å²) < 4.78 is 0. The molecule has 1 aromatic carbocycles. The molecule has 0 saturated heterocycles. The summed E-state index contributed by atoms with van der Waals surface area (Å²) in [6, 6.07) is 4.31. The van der Waals surface area contributed by atoms with Gasteiger partial charge in [0.05, 0.1) is 11.7 Å². The molecular weight excluding hydrogens is 218 g/mol. The summed E-state index contributed by atoms with van der Waals surface area (Å²) in [4.78, 5) is 10.2. The average Bonchev–Trinajstić information content (AvgIpc) is 2.22. The quantitative estimate of drug-likeness (QED) is 0.668. The van der Waals surface area contributed by atoms with Crippen molar-refractivity contribution < 1.29 is 15.0 Å². The molecule has 1 aromatic rings. The highest BCUT2D eigenvalue weighted by molar-refractivity contribution is 6.30. The molecule has 0 bridgehead atoms. The molecule has 0 aliphatic heterocycles. The minimum Gasteiger partial charge on any atom is -0.507 e. The second-order valence-electron chi connectivity index (χ2n) is 2.91. The third-order valence-electron chi connectivity index (χ3n) is 1.46. The number of nitrogens with two attached hydrogens (primary N) is 1. The summed E-state index contributed by atoms with van der Waals surface area (Å²) in [6.07, 6.45) is 0.219. The molecule has 0 radical (unpaired) electrons. The number of aldehydes is 1. The monoisotopic (exact) mass is 231 g/mol. The van der Waals surface area contributed by atoms with Crippen molar-refractivity contribution in [3.63, 3.8) is 0 Å². The summed E-state index contributed by atoms with van der Waals surface area (Å²) in [5, 5.41) is 17.6. The van der Waals surface area contributed by atoms with E-state index in [2.05, 4.69) is 0 Å². The number of carbonyl (C=O) groups is 1. The van der Waals surface area contributed by atoms with Crippen LogP contribution in [0.2, 0.25) is 5.02 Å². The van der Waals surface area contributed by atoms with Gasteiger partial charge in [0.2, 0.25) is 0 Å². The van der Waals surface area contributed by atoms with Crippen molar-refractivity contribution in [1.82, 2.24) is 0 Å². The van der Waals surface area contributed by atoms with Crippen LogP contribution in [0.25, 0.3) is 0 Å². The Labute approximate surface area is 93.3 Å². The Morgan fingerprint density at radius 3 is 2.47 bits per heavy atom. The van der Waals surface area contributed by atoms with Crippen LogP contribution in [-0.2, 0) is 0 Å². The van der Waals surface area contributed by atoms with Crippen LogP contribution in [0.4, 0.5) is 0 Å². The molecule has 0 aliphatic carbocycles. The van der Waals surface area contributed by atoms with Gasteiger partial charge in [-0.15, -0.1) is 0 Å². The predicted molar refractivity (Wildman–Crippen MR) is 59.2 cm³/mol. The lowest BCUT2D eigenvalue weighted by Gasteiger charge is -1.94. The molecule has 4 N–H and O–H groups in total. The Bertz CT molecular complexity index is 316. The van der Waals surface area contributed by atoms with Crippen LogP contribution in [0.1, 0.15) is 17.3 Å². The average molecular weight is 232 g/mol. The number of phenolic OH excluding ortho intramolecular Hbond substituents is 1. The Balaban J connectivity index is 0.000000336. The molecule has 5 heteroatoms. The van der Waals surface area contributed by atoms with Crippen LogP contribution in [0.3, 0.4) is 0 Å². The number of carbonyl (C=O) groups excluding carboxylic acids is 1. The number of rotatable bonds is 2. The minimum atomic E-state index is -0.338. The Hall–Kier alpha value is -1.10. The molecule has 0 amide bonds. The van der Waals surface area contributed by atoms with Crippen LogP contribution in [0.5, 0.6) is 5.75 Å². The molecule has 0 saturated carbocycles. The van der Waals surface area contributed by atoms with Gasteiger partial charge in [0.15, 0.2) is 6.29 Å². The van der Waals surface area contributed by atoms with E-state index in [1.165, 1.54) is 18.2 Å². The van der Waals surface area contributed by atoms with Crippen molar-refractivity contribution >= 4 is 17.9 Å². The Kier molecular flexibility index (Phi) is 6.70. The molecule has 84 valence electrons. The number of halogens is 1. The fourth-order valence-electron chi connectivity index (χ4n) is 0.620. The van der Waals surface area contributed by atoms with Crippen molar-refractivity contribution in [2.45, 2.75) is 13.0 Å². The molecule has 0 aromatic heterocycles. The van der Waals surface area contributed by atoms with Crippen molar-refractivity contribution in [3.8, 4) is 5.75 Å². The highest BCUT2D eigenvalue weighted by Gasteiger charge is 1.98. The lowest BCUT2D eigenvalue weighted by Crippen LogP contribution is -2.14. The largest absolute Gasteiger partial charge is 0.507 e. The van der Waals surface area contributed by atoms with E-state index in [4.69, 9.17) is 27.5 Å². The number of aromatic hydroxyl groups is 1. The molecule has 0 heterocycles. The van der Waals surface area contributed by atoms with E-state index in [0.29, 0.717) is 17.9 Å². The molecule has 1 rings (SSSR count). The highest BCUT2D eigenvalue weighted by atomic mass is 35.5. The lowest BCUT2D eigenvalue weighted by atomic mass is 10.2. The van der Waals surface area contributed by atoms with Gasteiger partial charge in [0.1, 0.15) is 5.75 Å². The normalized spacial score (nSPS) is 11.2. The summed E-state index contributed by atoms with van der Waals surface area (Å²) in [5.74, 6) is -0.0422. The molecule has 4 nitrogen and oxygen atoms in total. The maximum Gasteiger partial charge on any atom is 0.153 e. The van der Waals surface area contributed by atoms with Crippen LogP contribution >= 0.6 is 11.6 Å². The summed E-state index contributed by atoms with van der Waals surface area (Å²) in [6.45, 7) is 2.01. The van der Waals surface area contributed by atoms with E-state index < -0.39 is 0 Å². The SMILES string of the molecule is CC(O)CN.O=Cc1cc(Cl)ccc1O. The third kappa shape index (κ3) is 6.06. The smallest absolute Gasteiger partial charge is 0.153 e. The number of benzene rings is 1. The van der Waals surface area contributed by atoms with Crippen molar-refractivity contribution in [1.29, 1.82) is 0 Å². The second kappa shape index (κ2) is 7.23. The fraction of sp³-hybridized carbons (Fsp3) is 0.300. The standard InChI is InChI=1S/C7H5ClO2.C3H9NO/c8-6-1-2-7(10)5(3-6)4-9;1-3(5)2-4/h1-4,10H;3,5H,2,4H2,1H3. The maximum atomic E-state index is 10.2. The second-order valence-corrected chi connectivity index (χ2v) is 3.34. The first-order valence-corrected chi connectivity index (χ1v) is 4.71. The van der Waals surface area contributed by atoms with Gasteiger partial charge in [-0.3, -0.25) is 4.79 Å². The minimum absolute atomic E-state index is 0.0422. The van der Waals surface area contributed by atoms with E-state index in [1.54, 1.807) is 6.92 Å². The maximum absolute atomic E-state index is 10.2. The zero-order valence-corrected chi connectivity index (χ0v) is 9.11. The molecule has 15 heavy (non-hydrogen) atoms. The molecule has 1 atom stereocenters. The number of phenols is 1. The lowest BCUT2D eigenvalue weighted by molar-refractivity contribution is 0.112. The van der Waals surface area contributed by atoms with Crippen molar-refractivity contribution in [2.75, 3.05) is 6.54 Å². The fourth-order valence-corrected chi connectivity index (χ4v) is 0.800. The zero-order valence-electron chi connectivity index (χ0n) is 8.35. The van der Waals surface area contributed by atoms with Gasteiger partial charge in [-0.1, -0.05) is 11.6 Å². The van der Waals surface area contributed by atoms with Gasteiger partial charge in [0.25, 0.3) is 0 Å². The van der Waals surface area contributed by atoms with Crippen LogP contribution < -0.4 is 5.73 Å². The topological polar surface area (TPSA) is 83.5 Å². The predicted octanol–water partition coefficient (Wildman–Crippen LogP) is 1.18. The van der Waals surface area contributed by atoms with Gasteiger partial charge in [0, 0.05) is 11.6 Å². The van der Waals surface area contributed by atoms with Crippen LogP contribution in [-0.4, -0.2) is 29.1 Å². The first-order chi connectivity index (χ1) is 7.01. The van der Waals surface area contributed by atoms with Crippen LogP contribution in [0.15, 0.2) is 18.2 Å². The summed E-state index contributed by atoms with van der Waals surface area (Å²) >= 11 is 5.53. The van der Waals surface area contributed by atoms with E-state index in [1.807, 2.05) is 0 Å². The van der Waals surface area contributed by atoms with E-state index in [9.17, 15) is 4.79 Å². The number of hydrogen-bond acceptors (Lipinski definition) is 4. The molecule has 0 spiro atoms. The van der Waals surface area contributed by atoms with Crippen LogP contribution in [0, 0.1) is 0 Å². The molecule has 0 aliphatic rings. The van der Waals surface area contributed by atoms with Gasteiger partial charge < -0.3 is 15.9 Å². The highest BCUT2D eigenvalue weighted by Crippen LogP contribution is 2.18. The first kappa shape index (κ1) is 13.9.